The van der Waals surface area contributed by atoms with Crippen molar-refractivity contribution in [3.8, 4) is 0 Å². The van der Waals surface area contributed by atoms with Crippen LogP contribution in [0.3, 0.4) is 0 Å². The predicted octanol–water partition coefficient (Wildman–Crippen LogP) is 2.67. The number of amides is 1. The molecule has 5 heteroatoms. The van der Waals surface area contributed by atoms with E-state index in [2.05, 4.69) is 26.4 Å². The second-order valence-electron chi connectivity index (χ2n) is 4.64. The topological polar surface area (TPSA) is 55.1 Å². The van der Waals surface area contributed by atoms with E-state index in [-0.39, 0.29) is 5.91 Å². The Kier molecular flexibility index (Phi) is 4.20. The molecule has 1 aliphatic rings. The summed E-state index contributed by atoms with van der Waals surface area (Å²) in [6.07, 6.45) is 6.30. The summed E-state index contributed by atoms with van der Waals surface area (Å²) in [5, 5.41) is 6.56. The number of nitrogens with one attached hydrogen (secondary N) is 1. The highest BCUT2D eigenvalue weighted by Crippen LogP contribution is 2.28. The van der Waals surface area contributed by atoms with Crippen molar-refractivity contribution < 1.29 is 9.32 Å². The number of aromatic nitrogens is 1. The third-order valence-corrected chi connectivity index (χ3v) is 4.10. The van der Waals surface area contributed by atoms with Crippen LogP contribution < -0.4 is 5.32 Å². The molecule has 1 aliphatic carbocycles. The molecule has 1 aromatic heterocycles. The molecule has 4 nitrogen and oxygen atoms in total. The number of aryl methyl sites for hydroxylation is 1. The number of nitrogens with zero attached hydrogens (tertiary/aromatic N) is 1. The number of rotatable bonds is 3. The highest BCUT2D eigenvalue weighted by atomic mass is 79.9. The molecule has 1 amide bonds. The van der Waals surface area contributed by atoms with Crippen LogP contribution in [-0.2, 0) is 0 Å². The van der Waals surface area contributed by atoms with Crippen LogP contribution in [0, 0.1) is 12.8 Å². The smallest absolute Gasteiger partial charge is 0.256 e. The molecular weight excluding hydrogens is 284 g/mol. The zero-order valence-electron chi connectivity index (χ0n) is 9.91. The normalized spacial score (nSPS) is 24.6. The van der Waals surface area contributed by atoms with Gasteiger partial charge in [0.05, 0.1) is 6.20 Å². The summed E-state index contributed by atoms with van der Waals surface area (Å²) in [4.78, 5) is 12.4. The molecule has 1 aromatic rings. The zero-order chi connectivity index (χ0) is 12.3. The van der Waals surface area contributed by atoms with Gasteiger partial charge >= 0.3 is 0 Å². The van der Waals surface area contributed by atoms with Gasteiger partial charge < -0.3 is 9.84 Å². The molecule has 2 rings (SSSR count). The van der Waals surface area contributed by atoms with E-state index >= 15 is 0 Å². The number of hydrogen-bond acceptors (Lipinski definition) is 3. The Hall–Kier alpha value is -0.840. The van der Waals surface area contributed by atoms with Gasteiger partial charge in [-0.3, -0.25) is 4.79 Å². The van der Waals surface area contributed by atoms with Gasteiger partial charge in [0.2, 0.25) is 0 Å². The molecule has 0 bridgehead atoms. The lowest BCUT2D eigenvalue weighted by Gasteiger charge is -2.25. The van der Waals surface area contributed by atoms with Crippen LogP contribution in [0.15, 0.2) is 10.7 Å². The molecule has 0 aromatic carbocycles. The fourth-order valence-corrected chi connectivity index (χ4v) is 3.11. The van der Waals surface area contributed by atoms with Gasteiger partial charge in [-0.25, -0.2) is 0 Å². The van der Waals surface area contributed by atoms with Crippen molar-refractivity contribution in [2.24, 2.45) is 5.92 Å². The van der Waals surface area contributed by atoms with E-state index in [9.17, 15) is 4.79 Å². The molecule has 1 saturated carbocycles. The van der Waals surface area contributed by atoms with E-state index in [1.165, 1.54) is 25.5 Å². The first-order valence-corrected chi connectivity index (χ1v) is 6.92. The average molecular weight is 301 g/mol. The second kappa shape index (κ2) is 5.67. The summed E-state index contributed by atoms with van der Waals surface area (Å²) in [5.41, 5.74) is 0.538. The third-order valence-electron chi connectivity index (χ3n) is 3.27. The van der Waals surface area contributed by atoms with Gasteiger partial charge in [-0.2, -0.15) is 0 Å². The molecule has 1 N–H and O–H groups in total. The van der Waals surface area contributed by atoms with E-state index in [0.717, 1.165) is 13.0 Å². The number of carbonyl (C=O) groups is 1. The summed E-state index contributed by atoms with van der Waals surface area (Å²) in [7, 11) is 0. The van der Waals surface area contributed by atoms with E-state index in [1.807, 2.05) is 0 Å². The molecular formula is C12H17BrN2O2. The number of halogens is 1. The summed E-state index contributed by atoms with van der Waals surface area (Å²) in [5.74, 6) is 1.07. The van der Waals surface area contributed by atoms with Crippen LogP contribution >= 0.6 is 15.9 Å². The van der Waals surface area contributed by atoms with Crippen molar-refractivity contribution in [3.63, 3.8) is 0 Å². The molecule has 94 valence electrons. The van der Waals surface area contributed by atoms with Crippen LogP contribution in [-0.4, -0.2) is 22.4 Å². The molecule has 0 saturated heterocycles. The summed E-state index contributed by atoms with van der Waals surface area (Å²) < 4.78 is 4.88. The molecule has 0 radical (unpaired) electrons. The van der Waals surface area contributed by atoms with Gasteiger partial charge in [0.15, 0.2) is 0 Å². The molecule has 2 unspecified atom stereocenters. The minimum Gasteiger partial charge on any atom is -0.361 e. The standard InChI is InChI=1S/C12H17BrN2O2/c1-8-11(7-15-17-8)12(16)14-6-9-3-2-4-10(13)5-9/h7,9-10H,2-6H2,1H3,(H,14,16). The van der Waals surface area contributed by atoms with Gasteiger partial charge in [0.25, 0.3) is 5.91 Å². The van der Waals surface area contributed by atoms with Gasteiger partial charge in [-0.05, 0) is 32.1 Å². The number of carbonyl (C=O) groups excluding carboxylic acids is 1. The monoisotopic (exact) mass is 300 g/mol. The Morgan fingerprint density at radius 3 is 3.12 bits per heavy atom. The molecule has 1 heterocycles. The quantitative estimate of drug-likeness (QED) is 0.873. The maximum Gasteiger partial charge on any atom is 0.256 e. The van der Waals surface area contributed by atoms with Crippen molar-refractivity contribution in [2.45, 2.75) is 37.4 Å². The van der Waals surface area contributed by atoms with E-state index in [1.54, 1.807) is 6.92 Å². The van der Waals surface area contributed by atoms with E-state index in [0.29, 0.717) is 22.1 Å². The van der Waals surface area contributed by atoms with Crippen LogP contribution in [0.1, 0.15) is 41.8 Å². The Labute approximate surface area is 109 Å². The Bertz CT molecular complexity index is 392. The molecule has 0 spiro atoms. The SMILES string of the molecule is Cc1oncc1C(=O)NCC1CCCC(Br)C1. The molecule has 17 heavy (non-hydrogen) atoms. The fraction of sp³-hybridized carbons (Fsp3) is 0.667. The van der Waals surface area contributed by atoms with Crippen LogP contribution in [0.5, 0.6) is 0 Å². The number of alkyl halides is 1. The summed E-state index contributed by atoms with van der Waals surface area (Å²) >= 11 is 3.65. The zero-order valence-corrected chi connectivity index (χ0v) is 11.5. The van der Waals surface area contributed by atoms with Gasteiger partial charge in [0.1, 0.15) is 11.3 Å². The lowest BCUT2D eigenvalue weighted by Crippen LogP contribution is -2.32. The first-order chi connectivity index (χ1) is 8.16. The van der Waals surface area contributed by atoms with Gasteiger partial charge in [-0.1, -0.05) is 27.5 Å². The maximum atomic E-state index is 11.8. The lowest BCUT2D eigenvalue weighted by molar-refractivity contribution is 0.0942. The van der Waals surface area contributed by atoms with E-state index in [4.69, 9.17) is 4.52 Å². The largest absolute Gasteiger partial charge is 0.361 e. The van der Waals surface area contributed by atoms with Crippen molar-refractivity contribution >= 4 is 21.8 Å². The van der Waals surface area contributed by atoms with Crippen molar-refractivity contribution in [2.75, 3.05) is 6.54 Å². The van der Waals surface area contributed by atoms with Crippen molar-refractivity contribution in [3.05, 3.63) is 17.5 Å². The van der Waals surface area contributed by atoms with Crippen molar-refractivity contribution in [1.82, 2.24) is 10.5 Å². The van der Waals surface area contributed by atoms with Crippen LogP contribution in [0.2, 0.25) is 0 Å². The minimum absolute atomic E-state index is 0.0829. The Balaban J connectivity index is 1.82. The molecule has 2 atom stereocenters. The summed E-state index contributed by atoms with van der Waals surface area (Å²) in [6.45, 7) is 2.49. The van der Waals surface area contributed by atoms with Gasteiger partial charge in [-0.15, -0.1) is 0 Å². The van der Waals surface area contributed by atoms with Gasteiger partial charge in [0, 0.05) is 11.4 Å². The van der Waals surface area contributed by atoms with Crippen LogP contribution in [0.4, 0.5) is 0 Å². The lowest BCUT2D eigenvalue weighted by atomic mass is 9.89. The number of hydrogen-bond donors (Lipinski definition) is 1. The van der Waals surface area contributed by atoms with E-state index < -0.39 is 0 Å². The highest BCUT2D eigenvalue weighted by Gasteiger charge is 2.21. The first kappa shape index (κ1) is 12.6. The van der Waals surface area contributed by atoms with Crippen LogP contribution in [0.25, 0.3) is 0 Å². The van der Waals surface area contributed by atoms with Crippen molar-refractivity contribution in [1.29, 1.82) is 0 Å². The first-order valence-electron chi connectivity index (χ1n) is 6.00. The fourth-order valence-electron chi connectivity index (χ4n) is 2.26. The minimum atomic E-state index is -0.0829. The molecule has 0 aliphatic heterocycles. The average Bonchev–Trinajstić information content (AvgIpc) is 2.72. The third kappa shape index (κ3) is 3.31. The molecule has 1 fully saturated rings. The highest BCUT2D eigenvalue weighted by molar-refractivity contribution is 9.09. The Morgan fingerprint density at radius 2 is 2.47 bits per heavy atom. The maximum absolute atomic E-state index is 11.8. The Morgan fingerprint density at radius 1 is 1.65 bits per heavy atom. The second-order valence-corrected chi connectivity index (χ2v) is 5.93. The predicted molar refractivity (Wildman–Crippen MR) is 68.2 cm³/mol. The summed E-state index contributed by atoms with van der Waals surface area (Å²) in [6, 6.07) is 0.